The molecule has 0 radical (unpaired) electrons. The number of nitrogens with zero attached hydrogens (tertiary/aromatic N) is 6. The van der Waals surface area contributed by atoms with Gasteiger partial charge in [0.2, 0.25) is 11.8 Å². The van der Waals surface area contributed by atoms with Gasteiger partial charge in [-0.25, -0.2) is 23.1 Å². The number of nitrogens with two attached hydrogens (primary N) is 1. The summed E-state index contributed by atoms with van der Waals surface area (Å²) in [6, 6.07) is 6.67. The van der Waals surface area contributed by atoms with Gasteiger partial charge in [-0.1, -0.05) is 32.6 Å². The van der Waals surface area contributed by atoms with Crippen LogP contribution in [0.25, 0.3) is 28.0 Å². The number of primary amides is 1. The van der Waals surface area contributed by atoms with Gasteiger partial charge in [0.05, 0.1) is 23.2 Å². The van der Waals surface area contributed by atoms with Crippen LogP contribution < -0.4 is 16.3 Å². The largest absolute Gasteiger partial charge is 0.369 e. The van der Waals surface area contributed by atoms with Crippen molar-refractivity contribution in [3.05, 3.63) is 88.1 Å². The zero-order valence-electron chi connectivity index (χ0n) is 25.0. The number of aromatic nitrogens is 4. The Hall–Kier alpha value is -5.00. The normalized spacial score (nSPS) is 15.2. The second-order valence-corrected chi connectivity index (χ2v) is 11.2. The quantitative estimate of drug-likeness (QED) is 0.319. The van der Waals surface area contributed by atoms with Crippen molar-refractivity contribution in [2.45, 2.75) is 46.1 Å². The van der Waals surface area contributed by atoms with Gasteiger partial charge in [-0.2, -0.15) is 4.98 Å². The van der Waals surface area contributed by atoms with E-state index >= 15 is 8.78 Å². The molecular weight excluding hydrogens is 568 g/mol. The lowest BCUT2D eigenvalue weighted by Crippen LogP contribution is -2.54. The lowest BCUT2D eigenvalue weighted by molar-refractivity contribution is -0.126. The van der Waals surface area contributed by atoms with Gasteiger partial charge in [0.15, 0.2) is 5.65 Å². The van der Waals surface area contributed by atoms with Crippen molar-refractivity contribution in [2.24, 2.45) is 5.73 Å². The van der Waals surface area contributed by atoms with Crippen LogP contribution in [-0.4, -0.2) is 61.9 Å². The highest BCUT2D eigenvalue weighted by Gasteiger charge is 2.31. The van der Waals surface area contributed by atoms with Crippen molar-refractivity contribution >= 4 is 28.7 Å². The van der Waals surface area contributed by atoms with Gasteiger partial charge in [0.25, 0.3) is 0 Å². The predicted molar refractivity (Wildman–Crippen MR) is 164 cm³/mol. The fraction of sp³-hybridized carbons (Fsp3) is 0.312. The van der Waals surface area contributed by atoms with Gasteiger partial charge in [-0.05, 0) is 55.2 Å². The van der Waals surface area contributed by atoms with Gasteiger partial charge >= 0.3 is 5.69 Å². The van der Waals surface area contributed by atoms with E-state index in [9.17, 15) is 14.4 Å². The molecule has 228 valence electrons. The maximum absolute atomic E-state index is 16.1. The van der Waals surface area contributed by atoms with E-state index in [2.05, 4.69) is 21.5 Å². The smallest absolute Gasteiger partial charge is 0.355 e. The Morgan fingerprint density at radius 1 is 1.16 bits per heavy atom. The molecule has 0 spiro atoms. The Balaban J connectivity index is 1.84. The minimum Gasteiger partial charge on any atom is -0.369 e. The number of carbonyl (C=O) groups excluding carboxylic acids is 2. The standard InChI is InChI=1S/C32H33F2N7O3/c1-6-25(43)39-12-13-40(19(5)16-39)30-21-15-23(34)28(26-20(14-24(35)42)8-7-9-22(26)33)37-31(21)41(32(44)38-30)29-18(4)10-11-36-27(29)17(2)3/h6-11,15,17,19H,1,12-14,16H2,2-5H3,(H2,35,42)/t19-/m0/s1. The second-order valence-electron chi connectivity index (χ2n) is 11.2. The summed E-state index contributed by atoms with van der Waals surface area (Å²) in [7, 11) is 0. The van der Waals surface area contributed by atoms with Crippen LogP contribution in [0.5, 0.6) is 0 Å². The molecule has 1 aliphatic heterocycles. The van der Waals surface area contributed by atoms with Gasteiger partial charge in [-0.3, -0.25) is 14.6 Å². The molecule has 0 saturated carbocycles. The molecule has 1 atom stereocenters. The van der Waals surface area contributed by atoms with Crippen LogP contribution >= 0.6 is 0 Å². The molecule has 4 aromatic rings. The number of fused-ring (bicyclic) bond motifs is 1. The first-order chi connectivity index (χ1) is 20.9. The van der Waals surface area contributed by atoms with E-state index in [1.165, 1.54) is 28.8 Å². The van der Waals surface area contributed by atoms with Crippen LogP contribution in [0, 0.1) is 18.6 Å². The zero-order valence-corrected chi connectivity index (χ0v) is 25.0. The zero-order chi connectivity index (χ0) is 31.9. The number of anilines is 1. The Bertz CT molecular complexity index is 1870. The summed E-state index contributed by atoms with van der Waals surface area (Å²) in [5, 5.41) is 0.215. The second kappa shape index (κ2) is 11.9. The van der Waals surface area contributed by atoms with Gasteiger partial charge in [0, 0.05) is 37.4 Å². The highest BCUT2D eigenvalue weighted by Crippen LogP contribution is 2.35. The molecule has 1 saturated heterocycles. The van der Waals surface area contributed by atoms with Crippen molar-refractivity contribution in [3.63, 3.8) is 0 Å². The van der Waals surface area contributed by atoms with Crippen molar-refractivity contribution in [1.82, 2.24) is 24.4 Å². The SMILES string of the molecule is C=CC(=O)N1CCN(c2nc(=O)n(-c3c(C)ccnc3C(C)C)c3nc(-c4c(F)cccc4CC(N)=O)c(F)cc23)[C@@H](C)C1. The third-order valence-electron chi connectivity index (χ3n) is 7.81. The lowest BCUT2D eigenvalue weighted by atomic mass is 9.99. The first kappa shape index (κ1) is 30.5. The first-order valence-electron chi connectivity index (χ1n) is 14.3. The van der Waals surface area contributed by atoms with Crippen molar-refractivity contribution < 1.29 is 18.4 Å². The molecule has 4 heterocycles. The molecule has 1 aliphatic rings. The third-order valence-corrected chi connectivity index (χ3v) is 7.81. The van der Waals surface area contributed by atoms with E-state index in [1.807, 2.05) is 32.6 Å². The molecule has 3 aromatic heterocycles. The summed E-state index contributed by atoms with van der Waals surface area (Å²) < 4.78 is 32.8. The van der Waals surface area contributed by atoms with E-state index in [-0.39, 0.29) is 58.0 Å². The third kappa shape index (κ3) is 5.43. The molecule has 2 N–H and O–H groups in total. The Kier molecular flexibility index (Phi) is 8.27. The average molecular weight is 602 g/mol. The molecular formula is C32H33F2N7O3. The topological polar surface area (TPSA) is 127 Å². The Labute approximate surface area is 252 Å². The number of pyridine rings is 2. The molecule has 0 aliphatic carbocycles. The van der Waals surface area contributed by atoms with Crippen LogP contribution in [0.2, 0.25) is 0 Å². The number of aryl methyl sites for hydroxylation is 1. The van der Waals surface area contributed by atoms with Crippen LogP contribution in [0.1, 0.15) is 43.5 Å². The van der Waals surface area contributed by atoms with Gasteiger partial charge in [0.1, 0.15) is 23.1 Å². The number of carbonyl (C=O) groups is 2. The highest BCUT2D eigenvalue weighted by molar-refractivity contribution is 5.92. The average Bonchev–Trinajstić information content (AvgIpc) is 2.97. The molecule has 1 fully saturated rings. The van der Waals surface area contributed by atoms with Crippen LogP contribution in [0.3, 0.4) is 0 Å². The molecule has 2 amide bonds. The number of rotatable bonds is 7. The molecule has 1 aromatic carbocycles. The number of benzene rings is 1. The summed E-state index contributed by atoms with van der Waals surface area (Å²) in [5.41, 5.74) is 6.08. The highest BCUT2D eigenvalue weighted by atomic mass is 19.1. The number of piperazine rings is 1. The van der Waals surface area contributed by atoms with E-state index in [0.717, 1.165) is 6.07 Å². The summed E-state index contributed by atoms with van der Waals surface area (Å²) in [5.74, 6) is -2.52. The summed E-state index contributed by atoms with van der Waals surface area (Å²) in [6.45, 7) is 12.1. The summed E-state index contributed by atoms with van der Waals surface area (Å²) >= 11 is 0. The predicted octanol–water partition coefficient (Wildman–Crippen LogP) is 3.80. The molecule has 0 unspecified atom stereocenters. The summed E-state index contributed by atoms with van der Waals surface area (Å²) in [6.07, 6.45) is 2.55. The number of halogens is 2. The molecule has 44 heavy (non-hydrogen) atoms. The van der Waals surface area contributed by atoms with E-state index in [1.54, 1.807) is 17.2 Å². The molecule has 5 rings (SSSR count). The molecule has 10 nitrogen and oxygen atoms in total. The molecule has 0 bridgehead atoms. The Morgan fingerprint density at radius 3 is 2.57 bits per heavy atom. The maximum atomic E-state index is 16.1. The first-order valence-corrected chi connectivity index (χ1v) is 14.3. The fourth-order valence-electron chi connectivity index (χ4n) is 5.76. The van der Waals surface area contributed by atoms with Crippen molar-refractivity contribution in [1.29, 1.82) is 0 Å². The maximum Gasteiger partial charge on any atom is 0.355 e. The Morgan fingerprint density at radius 2 is 1.91 bits per heavy atom. The minimum absolute atomic E-state index is 0.0412. The van der Waals surface area contributed by atoms with Crippen LogP contribution in [0.15, 0.2) is 54.0 Å². The lowest BCUT2D eigenvalue weighted by Gasteiger charge is -2.40. The molecule has 12 heteroatoms. The van der Waals surface area contributed by atoms with Crippen molar-refractivity contribution in [2.75, 3.05) is 24.5 Å². The number of hydrogen-bond acceptors (Lipinski definition) is 7. The number of amides is 2. The monoisotopic (exact) mass is 601 g/mol. The van der Waals surface area contributed by atoms with Crippen LogP contribution in [-0.2, 0) is 16.0 Å². The van der Waals surface area contributed by atoms with E-state index in [4.69, 9.17) is 5.73 Å². The van der Waals surface area contributed by atoms with E-state index in [0.29, 0.717) is 36.6 Å². The summed E-state index contributed by atoms with van der Waals surface area (Å²) in [4.78, 5) is 55.1. The fourth-order valence-corrected chi connectivity index (χ4v) is 5.76. The van der Waals surface area contributed by atoms with E-state index < -0.39 is 23.2 Å². The van der Waals surface area contributed by atoms with Crippen LogP contribution in [0.4, 0.5) is 14.6 Å². The van der Waals surface area contributed by atoms with Gasteiger partial charge < -0.3 is 15.5 Å². The number of hydrogen-bond donors (Lipinski definition) is 1. The minimum atomic E-state index is -0.873. The van der Waals surface area contributed by atoms with Crippen molar-refractivity contribution in [3.8, 4) is 16.9 Å². The van der Waals surface area contributed by atoms with Gasteiger partial charge in [-0.15, -0.1) is 0 Å².